The summed E-state index contributed by atoms with van der Waals surface area (Å²) in [5.41, 5.74) is 0. The summed E-state index contributed by atoms with van der Waals surface area (Å²) in [6, 6.07) is 0. The van der Waals surface area contributed by atoms with Gasteiger partial charge in [-0.15, -0.1) is 0 Å². The second-order valence-corrected chi connectivity index (χ2v) is 21.2. The minimum Gasteiger partial charge on any atom is -0.462 e. The molecule has 0 bridgehead atoms. The fourth-order valence-electron chi connectivity index (χ4n) is 9.05. The summed E-state index contributed by atoms with van der Waals surface area (Å²) in [4.78, 5) is 38.0. The van der Waals surface area contributed by atoms with Crippen LogP contribution in [-0.2, 0) is 28.6 Å². The van der Waals surface area contributed by atoms with Crippen molar-refractivity contribution in [1.82, 2.24) is 0 Å². The smallest absolute Gasteiger partial charge is 0.306 e. The summed E-state index contributed by atoms with van der Waals surface area (Å²) in [6.45, 7) is 11.4. The van der Waals surface area contributed by atoms with Gasteiger partial charge in [-0.25, -0.2) is 0 Å². The standard InChI is InChI=1S/C59H114O6/c1-6-7-8-9-10-27-34-39-44-49-57(60)63-52-56(65-59(62)51-46-41-36-31-26-22-18-14-12-16-20-24-29-33-38-43-48-55(4)5)53-64-58(61)50-45-40-35-30-25-21-17-13-11-15-19-23-28-32-37-42-47-54(2)3/h54-56H,6-53H2,1-5H3/t56-/m0/s1. The van der Waals surface area contributed by atoms with Crippen LogP contribution >= 0.6 is 0 Å². The topological polar surface area (TPSA) is 78.9 Å². The first-order valence-corrected chi connectivity index (χ1v) is 29.2. The maximum atomic E-state index is 12.8. The molecule has 0 aromatic rings. The third kappa shape index (κ3) is 53.2. The maximum Gasteiger partial charge on any atom is 0.306 e. The Morgan fingerprint density at radius 2 is 0.508 bits per heavy atom. The zero-order valence-corrected chi connectivity index (χ0v) is 44.6. The number of esters is 3. The Morgan fingerprint density at radius 1 is 0.292 bits per heavy atom. The van der Waals surface area contributed by atoms with E-state index in [1.165, 1.54) is 218 Å². The van der Waals surface area contributed by atoms with Crippen LogP contribution in [0, 0.1) is 11.8 Å². The summed E-state index contributed by atoms with van der Waals surface area (Å²) in [5, 5.41) is 0. The highest BCUT2D eigenvalue weighted by Gasteiger charge is 2.19. The molecule has 0 aromatic heterocycles. The highest BCUT2D eigenvalue weighted by atomic mass is 16.6. The highest BCUT2D eigenvalue weighted by Crippen LogP contribution is 2.18. The molecular weight excluding hydrogens is 805 g/mol. The number of unbranched alkanes of at least 4 members (excludes halogenated alkanes) is 38. The van der Waals surface area contributed by atoms with Gasteiger partial charge in [0.25, 0.3) is 0 Å². The molecule has 0 aromatic carbocycles. The summed E-state index contributed by atoms with van der Waals surface area (Å²) in [6.07, 6.45) is 55.3. The average molecular weight is 920 g/mol. The lowest BCUT2D eigenvalue weighted by atomic mass is 10.0. The Balaban J connectivity index is 4.20. The SMILES string of the molecule is CCCCCCCCCCCC(=O)OC[C@@H](COC(=O)CCCCCCCCCCCCCCCCCCC(C)C)OC(=O)CCCCCCCCCCCCCCCCCCC(C)C. The Hall–Kier alpha value is -1.59. The number of ether oxygens (including phenoxy) is 3. The maximum absolute atomic E-state index is 12.8. The molecule has 386 valence electrons. The molecule has 0 saturated carbocycles. The molecule has 0 amide bonds. The van der Waals surface area contributed by atoms with E-state index >= 15 is 0 Å². The number of carbonyl (C=O) groups excluding carboxylic acids is 3. The normalized spacial score (nSPS) is 12.0. The zero-order chi connectivity index (χ0) is 47.5. The van der Waals surface area contributed by atoms with Crippen molar-refractivity contribution in [2.45, 2.75) is 336 Å². The largest absolute Gasteiger partial charge is 0.462 e. The molecule has 0 radical (unpaired) electrons. The van der Waals surface area contributed by atoms with Gasteiger partial charge in [-0.3, -0.25) is 14.4 Å². The third-order valence-corrected chi connectivity index (χ3v) is 13.5. The molecule has 0 saturated heterocycles. The van der Waals surface area contributed by atoms with E-state index in [4.69, 9.17) is 14.2 Å². The van der Waals surface area contributed by atoms with Crippen LogP contribution in [0.3, 0.4) is 0 Å². The van der Waals surface area contributed by atoms with Crippen LogP contribution in [-0.4, -0.2) is 37.2 Å². The minimum absolute atomic E-state index is 0.0626. The predicted molar refractivity (Wildman–Crippen MR) is 280 cm³/mol. The molecule has 0 rings (SSSR count). The third-order valence-electron chi connectivity index (χ3n) is 13.5. The van der Waals surface area contributed by atoms with Crippen molar-refractivity contribution < 1.29 is 28.6 Å². The molecule has 0 unspecified atom stereocenters. The van der Waals surface area contributed by atoms with E-state index in [0.717, 1.165) is 69.6 Å². The molecule has 0 fully saturated rings. The van der Waals surface area contributed by atoms with E-state index in [9.17, 15) is 14.4 Å². The fraction of sp³-hybridized carbons (Fsp3) is 0.949. The van der Waals surface area contributed by atoms with Gasteiger partial charge in [0, 0.05) is 19.3 Å². The molecule has 0 aliphatic carbocycles. The van der Waals surface area contributed by atoms with E-state index in [-0.39, 0.29) is 31.1 Å². The van der Waals surface area contributed by atoms with Gasteiger partial charge >= 0.3 is 17.9 Å². The number of carbonyl (C=O) groups is 3. The summed E-state index contributed by atoms with van der Waals surface area (Å²) < 4.78 is 16.9. The van der Waals surface area contributed by atoms with E-state index in [1.807, 2.05) is 0 Å². The summed E-state index contributed by atoms with van der Waals surface area (Å²) >= 11 is 0. The molecule has 0 aliphatic heterocycles. The van der Waals surface area contributed by atoms with E-state index < -0.39 is 6.10 Å². The first-order chi connectivity index (χ1) is 31.7. The van der Waals surface area contributed by atoms with Crippen molar-refractivity contribution >= 4 is 17.9 Å². The van der Waals surface area contributed by atoms with Crippen LogP contribution in [0.1, 0.15) is 330 Å². The lowest BCUT2D eigenvalue weighted by Crippen LogP contribution is -2.30. The molecule has 65 heavy (non-hydrogen) atoms. The fourth-order valence-corrected chi connectivity index (χ4v) is 9.05. The Bertz CT molecular complexity index is 993. The van der Waals surface area contributed by atoms with Crippen molar-refractivity contribution in [3.8, 4) is 0 Å². The van der Waals surface area contributed by atoms with Crippen LogP contribution in [0.2, 0.25) is 0 Å². The van der Waals surface area contributed by atoms with Crippen LogP contribution in [0.15, 0.2) is 0 Å². The van der Waals surface area contributed by atoms with Crippen molar-refractivity contribution in [1.29, 1.82) is 0 Å². The van der Waals surface area contributed by atoms with Crippen molar-refractivity contribution in [2.24, 2.45) is 11.8 Å². The number of hydrogen-bond donors (Lipinski definition) is 0. The molecule has 0 N–H and O–H groups in total. The van der Waals surface area contributed by atoms with Gasteiger partial charge in [0.2, 0.25) is 0 Å². The van der Waals surface area contributed by atoms with Gasteiger partial charge in [-0.05, 0) is 31.1 Å². The van der Waals surface area contributed by atoms with Gasteiger partial charge in [0.1, 0.15) is 13.2 Å². The first-order valence-electron chi connectivity index (χ1n) is 29.2. The Morgan fingerprint density at radius 3 is 0.754 bits per heavy atom. The number of rotatable bonds is 53. The van der Waals surface area contributed by atoms with Crippen LogP contribution < -0.4 is 0 Å². The van der Waals surface area contributed by atoms with E-state index in [0.29, 0.717) is 19.3 Å². The quantitative estimate of drug-likeness (QED) is 0.0344. The molecule has 6 heteroatoms. The molecule has 0 spiro atoms. The van der Waals surface area contributed by atoms with Gasteiger partial charge in [0.15, 0.2) is 6.10 Å². The lowest BCUT2D eigenvalue weighted by Gasteiger charge is -2.18. The monoisotopic (exact) mass is 919 g/mol. The van der Waals surface area contributed by atoms with Crippen molar-refractivity contribution in [2.75, 3.05) is 13.2 Å². The summed E-state index contributed by atoms with van der Waals surface area (Å²) in [5.74, 6) is 0.864. The second kappa shape index (κ2) is 51.8. The first kappa shape index (κ1) is 63.4. The molecule has 0 heterocycles. The van der Waals surface area contributed by atoms with Gasteiger partial charge in [0.05, 0.1) is 0 Å². The van der Waals surface area contributed by atoms with E-state index in [1.54, 1.807) is 0 Å². The van der Waals surface area contributed by atoms with Crippen LogP contribution in [0.5, 0.6) is 0 Å². The zero-order valence-electron chi connectivity index (χ0n) is 44.6. The van der Waals surface area contributed by atoms with Crippen LogP contribution in [0.25, 0.3) is 0 Å². The highest BCUT2D eigenvalue weighted by molar-refractivity contribution is 5.71. The van der Waals surface area contributed by atoms with E-state index in [2.05, 4.69) is 34.6 Å². The molecule has 6 nitrogen and oxygen atoms in total. The van der Waals surface area contributed by atoms with Gasteiger partial charge in [-0.2, -0.15) is 0 Å². The van der Waals surface area contributed by atoms with Gasteiger partial charge < -0.3 is 14.2 Å². The van der Waals surface area contributed by atoms with Gasteiger partial charge in [-0.1, -0.05) is 291 Å². The van der Waals surface area contributed by atoms with Crippen molar-refractivity contribution in [3.05, 3.63) is 0 Å². The Kier molecular flexibility index (Phi) is 50.5. The second-order valence-electron chi connectivity index (χ2n) is 21.2. The molecule has 0 aliphatic rings. The minimum atomic E-state index is -0.762. The van der Waals surface area contributed by atoms with Crippen LogP contribution in [0.4, 0.5) is 0 Å². The molecule has 1 atom stereocenters. The predicted octanol–water partition coefficient (Wildman–Crippen LogP) is 19.3. The average Bonchev–Trinajstić information content (AvgIpc) is 3.28. The molecular formula is C59H114O6. The summed E-state index contributed by atoms with van der Waals surface area (Å²) in [7, 11) is 0. The van der Waals surface area contributed by atoms with Crippen molar-refractivity contribution in [3.63, 3.8) is 0 Å². The number of hydrogen-bond acceptors (Lipinski definition) is 6. The Labute approximate surface area is 406 Å². The lowest BCUT2D eigenvalue weighted by molar-refractivity contribution is -0.167.